The predicted octanol–water partition coefficient (Wildman–Crippen LogP) is 3.20. The van der Waals surface area contributed by atoms with Gasteiger partial charge in [-0.25, -0.2) is 23.5 Å². The van der Waals surface area contributed by atoms with Gasteiger partial charge in [0.25, 0.3) is 6.43 Å². The van der Waals surface area contributed by atoms with E-state index in [2.05, 4.69) is 37.8 Å². The highest BCUT2D eigenvalue weighted by atomic mass is 19.3. The Balaban J connectivity index is 1.20. The van der Waals surface area contributed by atoms with Crippen LogP contribution in [0.4, 0.5) is 20.4 Å². The molecule has 0 aromatic carbocycles. The molecule has 240 valence electrons. The molecule has 0 bridgehead atoms. The van der Waals surface area contributed by atoms with Crippen LogP contribution < -0.4 is 14.5 Å². The van der Waals surface area contributed by atoms with Crippen molar-refractivity contribution in [2.45, 2.75) is 62.3 Å². The van der Waals surface area contributed by atoms with E-state index in [-0.39, 0.29) is 36.7 Å². The number of hydrogen-bond donors (Lipinski definition) is 2. The number of rotatable bonds is 8. The highest BCUT2D eigenvalue weighted by Gasteiger charge is 2.50. The van der Waals surface area contributed by atoms with E-state index in [0.717, 1.165) is 30.7 Å². The van der Waals surface area contributed by atoms with Crippen molar-refractivity contribution < 1.29 is 37.6 Å². The second kappa shape index (κ2) is 12.1. The minimum atomic E-state index is -2.97. The Morgan fingerprint density at radius 3 is 2.76 bits per heavy atom. The fourth-order valence-electron chi connectivity index (χ4n) is 6.57. The highest BCUT2D eigenvalue weighted by molar-refractivity contribution is 5.78. The summed E-state index contributed by atoms with van der Waals surface area (Å²) in [5.74, 6) is -1.47. The first-order chi connectivity index (χ1) is 21.8. The molecule has 2 N–H and O–H groups in total. The molecular formula is C30H35F2N7O6. The zero-order valence-electron chi connectivity index (χ0n) is 24.8. The number of ether oxygens (including phenoxy) is 4. The van der Waals surface area contributed by atoms with E-state index >= 15 is 0 Å². The second-order valence-corrected chi connectivity index (χ2v) is 12.0. The van der Waals surface area contributed by atoms with Crippen molar-refractivity contribution in [2.75, 3.05) is 55.9 Å². The van der Waals surface area contributed by atoms with Crippen molar-refractivity contribution in [1.29, 1.82) is 0 Å². The van der Waals surface area contributed by atoms with Gasteiger partial charge in [-0.1, -0.05) is 0 Å². The van der Waals surface area contributed by atoms with E-state index in [9.17, 15) is 18.7 Å². The lowest BCUT2D eigenvalue weighted by atomic mass is 9.89. The Kier molecular flexibility index (Phi) is 8.00. The van der Waals surface area contributed by atoms with Crippen molar-refractivity contribution in [3.05, 3.63) is 42.0 Å². The van der Waals surface area contributed by atoms with Gasteiger partial charge in [0.15, 0.2) is 5.82 Å². The maximum atomic E-state index is 13.8. The van der Waals surface area contributed by atoms with Crippen LogP contribution in [0.5, 0.6) is 5.88 Å². The Morgan fingerprint density at radius 2 is 2.07 bits per heavy atom. The third kappa shape index (κ3) is 5.68. The zero-order chi connectivity index (χ0) is 31.1. The van der Waals surface area contributed by atoms with Crippen LogP contribution in [0.25, 0.3) is 11.5 Å². The normalized spacial score (nSPS) is 26.3. The van der Waals surface area contributed by atoms with Crippen LogP contribution in [0, 0.1) is 0 Å². The maximum absolute atomic E-state index is 13.8. The van der Waals surface area contributed by atoms with E-state index in [1.807, 2.05) is 0 Å². The summed E-state index contributed by atoms with van der Waals surface area (Å²) < 4.78 is 51.6. The number of morpholine rings is 1. The van der Waals surface area contributed by atoms with E-state index < -0.39 is 36.0 Å². The van der Waals surface area contributed by atoms with Crippen LogP contribution in [0.3, 0.4) is 0 Å². The fourth-order valence-corrected chi connectivity index (χ4v) is 6.57. The molecule has 45 heavy (non-hydrogen) atoms. The largest absolute Gasteiger partial charge is 0.480 e. The minimum absolute atomic E-state index is 0.00440. The van der Waals surface area contributed by atoms with E-state index in [1.165, 1.54) is 4.90 Å². The predicted molar refractivity (Wildman–Crippen MR) is 156 cm³/mol. The number of aliphatic carboxylic acids is 1. The molecule has 13 nitrogen and oxygen atoms in total. The molecule has 7 rings (SSSR count). The van der Waals surface area contributed by atoms with Gasteiger partial charge in [0, 0.05) is 37.9 Å². The van der Waals surface area contributed by atoms with Crippen LogP contribution in [0.1, 0.15) is 49.9 Å². The molecule has 1 unspecified atom stereocenters. The summed E-state index contributed by atoms with van der Waals surface area (Å²) in [6, 6.07) is 4.29. The number of H-pyrrole nitrogens is 1. The van der Waals surface area contributed by atoms with Crippen LogP contribution in [-0.4, -0.2) is 106 Å². The summed E-state index contributed by atoms with van der Waals surface area (Å²) in [6.07, 6.45) is 1.84. The third-order valence-corrected chi connectivity index (χ3v) is 9.20. The lowest BCUT2D eigenvalue weighted by molar-refractivity contribution is -0.228. The van der Waals surface area contributed by atoms with Gasteiger partial charge < -0.3 is 38.8 Å². The number of alkyl halides is 2. The quantitative estimate of drug-likeness (QED) is 0.378. The van der Waals surface area contributed by atoms with Crippen LogP contribution in [0.15, 0.2) is 30.6 Å². The number of aromatic amines is 1. The molecule has 4 aliphatic rings. The molecule has 1 spiro atoms. The second-order valence-electron chi connectivity index (χ2n) is 12.0. The minimum Gasteiger partial charge on any atom is -0.480 e. The molecule has 0 radical (unpaired) electrons. The summed E-state index contributed by atoms with van der Waals surface area (Å²) in [5.41, 5.74) is 1.83. The molecule has 4 aliphatic heterocycles. The molecule has 0 aliphatic carbocycles. The topological polar surface area (TPSA) is 148 Å². The van der Waals surface area contributed by atoms with Gasteiger partial charge >= 0.3 is 5.97 Å². The lowest BCUT2D eigenvalue weighted by Gasteiger charge is -2.53. The Hall–Kier alpha value is -3.95. The van der Waals surface area contributed by atoms with Crippen molar-refractivity contribution in [2.24, 2.45) is 0 Å². The lowest BCUT2D eigenvalue weighted by Crippen LogP contribution is -2.68. The van der Waals surface area contributed by atoms with Crippen molar-refractivity contribution >= 4 is 17.6 Å². The highest BCUT2D eigenvalue weighted by Crippen LogP contribution is 2.41. The SMILES string of the molecule is C[C@@H]1N(c2cc(C3CCCOC3)cnc2O[C@H]2C[C@@H](C(=O)O)N(c3nc(-c4ccc[nH]4)nc(C(F)F)n3)C2)CCOC12COC2. The third-order valence-electron chi connectivity index (χ3n) is 9.20. The van der Waals surface area contributed by atoms with Crippen LogP contribution in [-0.2, 0) is 19.0 Å². The number of hydrogen-bond acceptors (Lipinski definition) is 11. The van der Waals surface area contributed by atoms with Crippen molar-refractivity contribution in [3.63, 3.8) is 0 Å². The molecule has 4 fully saturated rings. The van der Waals surface area contributed by atoms with Gasteiger partial charge in [-0.3, -0.25) is 0 Å². The average molecular weight is 628 g/mol. The van der Waals surface area contributed by atoms with E-state index in [0.29, 0.717) is 44.5 Å². The Labute approximate surface area is 257 Å². The molecule has 0 saturated carbocycles. The Morgan fingerprint density at radius 1 is 1.20 bits per heavy atom. The number of carboxylic acids is 1. The molecule has 4 saturated heterocycles. The molecule has 3 aromatic rings. The Bertz CT molecular complexity index is 1520. The molecular weight excluding hydrogens is 592 g/mol. The van der Waals surface area contributed by atoms with E-state index in [1.54, 1.807) is 24.5 Å². The number of carbonyl (C=O) groups is 1. The molecule has 7 heterocycles. The van der Waals surface area contributed by atoms with E-state index in [4.69, 9.17) is 23.9 Å². The van der Waals surface area contributed by atoms with Crippen molar-refractivity contribution in [1.82, 2.24) is 24.9 Å². The number of aromatic nitrogens is 5. The van der Waals surface area contributed by atoms with Gasteiger partial charge in [-0.05, 0) is 43.5 Å². The summed E-state index contributed by atoms with van der Waals surface area (Å²) in [7, 11) is 0. The molecule has 3 aromatic heterocycles. The molecule has 15 heteroatoms. The summed E-state index contributed by atoms with van der Waals surface area (Å²) >= 11 is 0. The summed E-state index contributed by atoms with van der Waals surface area (Å²) in [4.78, 5) is 35.9. The standard InChI is InChI=1S/C30H35F2N7O6/c1-17-30(15-43-16-30)44-9-7-38(17)22-10-19(18-4-3-8-42-14-18)12-34-27(22)45-20-11-23(28(40)41)39(13-20)29-36-25(21-5-2-6-33-21)35-26(37-29)24(31)32/h2,5-6,10,12,17-18,20,23-24,33H,3-4,7-9,11,13-16H2,1H3,(H,40,41)/t17-,18?,20-,23-/m0/s1. The van der Waals surface area contributed by atoms with Crippen LogP contribution in [0.2, 0.25) is 0 Å². The fraction of sp³-hybridized carbons (Fsp3) is 0.567. The summed E-state index contributed by atoms with van der Waals surface area (Å²) in [5, 5.41) is 10.1. The number of nitrogens with zero attached hydrogens (tertiary/aromatic N) is 6. The van der Waals surface area contributed by atoms with Gasteiger partial charge in [0.2, 0.25) is 17.7 Å². The van der Waals surface area contributed by atoms with Gasteiger partial charge in [0.05, 0.1) is 44.7 Å². The number of anilines is 2. The van der Waals surface area contributed by atoms with Gasteiger partial charge in [-0.15, -0.1) is 0 Å². The molecule has 0 amide bonds. The first-order valence-corrected chi connectivity index (χ1v) is 15.2. The number of halogens is 2. The summed E-state index contributed by atoms with van der Waals surface area (Å²) in [6.45, 7) is 5.63. The van der Waals surface area contributed by atoms with Crippen molar-refractivity contribution in [3.8, 4) is 17.4 Å². The first kappa shape index (κ1) is 29.7. The smallest absolute Gasteiger partial charge is 0.326 e. The van der Waals surface area contributed by atoms with Crippen LogP contribution >= 0.6 is 0 Å². The number of pyridine rings is 1. The number of nitrogens with one attached hydrogen (secondary N) is 1. The first-order valence-electron chi connectivity index (χ1n) is 15.2. The van der Waals surface area contributed by atoms with Gasteiger partial charge in [0.1, 0.15) is 23.4 Å². The monoisotopic (exact) mass is 627 g/mol. The zero-order valence-corrected chi connectivity index (χ0v) is 24.8. The average Bonchev–Trinajstić information content (AvgIpc) is 3.72. The maximum Gasteiger partial charge on any atom is 0.326 e. The molecule has 4 atom stereocenters. The van der Waals surface area contributed by atoms with Gasteiger partial charge in [-0.2, -0.15) is 9.97 Å². The number of carboxylic acid groups (broad SMARTS) is 1.